The Morgan fingerprint density at radius 2 is 1.80 bits per heavy atom. The zero-order chi connectivity index (χ0) is 24.8. The van der Waals surface area contributed by atoms with Crippen LogP contribution in [0.25, 0.3) is 16.6 Å². The van der Waals surface area contributed by atoms with Gasteiger partial charge in [-0.2, -0.15) is 5.10 Å². The van der Waals surface area contributed by atoms with Gasteiger partial charge in [0.15, 0.2) is 5.16 Å². The lowest BCUT2D eigenvalue weighted by Gasteiger charge is -2.14. The van der Waals surface area contributed by atoms with Crippen molar-refractivity contribution in [3.8, 4) is 11.4 Å². The molecule has 0 radical (unpaired) electrons. The molecule has 9 nitrogen and oxygen atoms in total. The number of aryl methyl sites for hydroxylation is 1. The first-order valence-electron chi connectivity index (χ1n) is 10.5. The number of thioether (sulfide) groups is 1. The number of hydrogen-bond acceptors (Lipinski definition) is 7. The number of nitrogens with one attached hydrogen (secondary N) is 1. The number of hydrazone groups is 1. The van der Waals surface area contributed by atoms with Gasteiger partial charge in [-0.15, -0.1) is 0 Å². The molecule has 0 unspecified atom stereocenters. The number of aromatic nitrogens is 2. The van der Waals surface area contributed by atoms with Crippen LogP contribution in [0.4, 0.5) is 4.79 Å². The van der Waals surface area contributed by atoms with Gasteiger partial charge in [0.25, 0.3) is 11.5 Å². The molecule has 0 aliphatic carbocycles. The summed E-state index contributed by atoms with van der Waals surface area (Å²) >= 11 is 1.11. The van der Waals surface area contributed by atoms with E-state index >= 15 is 0 Å². The molecule has 4 aromatic rings. The monoisotopic (exact) mass is 488 g/mol. The second-order valence-electron chi connectivity index (χ2n) is 7.33. The average Bonchev–Trinajstić information content (AvgIpc) is 2.84. The molecule has 176 valence electrons. The predicted molar refractivity (Wildman–Crippen MR) is 134 cm³/mol. The summed E-state index contributed by atoms with van der Waals surface area (Å²) in [5.41, 5.74) is 4.68. The summed E-state index contributed by atoms with van der Waals surface area (Å²) < 4.78 is 6.20. The molecular weight excluding hydrogens is 468 g/mol. The van der Waals surface area contributed by atoms with E-state index in [0.717, 1.165) is 17.3 Å². The maximum absolute atomic E-state index is 13.3. The zero-order valence-electron chi connectivity index (χ0n) is 18.5. The maximum atomic E-state index is 13.3. The molecule has 1 aromatic heterocycles. The molecule has 0 saturated heterocycles. The third-order valence-electron chi connectivity index (χ3n) is 4.94. The van der Waals surface area contributed by atoms with E-state index in [9.17, 15) is 14.4 Å². The number of benzene rings is 3. The zero-order valence-corrected chi connectivity index (χ0v) is 19.4. The molecule has 0 bridgehead atoms. The number of amides is 1. The Hall–Kier alpha value is -4.44. The Labute approximate surface area is 204 Å². The Morgan fingerprint density at radius 3 is 2.60 bits per heavy atom. The Balaban J connectivity index is 1.55. The Bertz CT molecular complexity index is 1500. The molecule has 1 amide bonds. The first-order chi connectivity index (χ1) is 16.9. The lowest BCUT2D eigenvalue weighted by Crippen LogP contribution is -2.24. The molecule has 10 heteroatoms. The van der Waals surface area contributed by atoms with E-state index in [-0.39, 0.29) is 17.1 Å². The van der Waals surface area contributed by atoms with Crippen molar-refractivity contribution in [3.05, 3.63) is 94.3 Å². The summed E-state index contributed by atoms with van der Waals surface area (Å²) in [5, 5.41) is 13.6. The normalized spacial score (nSPS) is 11.0. The molecular formula is C25H20N4O5S. The number of nitrogens with zero attached hydrogens (tertiary/aromatic N) is 3. The lowest BCUT2D eigenvalue weighted by atomic mass is 10.2. The number of carbonyl (C=O) groups is 2. The molecule has 0 saturated carbocycles. The number of fused-ring (bicyclic) bond motifs is 1. The lowest BCUT2D eigenvalue weighted by molar-refractivity contribution is -0.118. The third-order valence-corrected chi connectivity index (χ3v) is 5.88. The van der Waals surface area contributed by atoms with Crippen LogP contribution in [0.1, 0.15) is 11.1 Å². The fraction of sp³-hybridized carbons (Fsp3) is 0.0800. The topological polar surface area (TPSA) is 123 Å². The van der Waals surface area contributed by atoms with Crippen LogP contribution < -0.4 is 15.7 Å². The second kappa shape index (κ2) is 10.7. The summed E-state index contributed by atoms with van der Waals surface area (Å²) in [7, 11) is 0. The molecule has 2 N–H and O–H groups in total. The van der Waals surface area contributed by atoms with Crippen LogP contribution in [0.2, 0.25) is 0 Å². The number of ether oxygens (including phenoxy) is 1. The van der Waals surface area contributed by atoms with Crippen LogP contribution in [-0.2, 0) is 4.79 Å². The number of carboxylic acid groups (broad SMARTS) is 1. The minimum Gasteiger partial charge on any atom is -0.449 e. The van der Waals surface area contributed by atoms with Gasteiger partial charge in [-0.1, -0.05) is 54.2 Å². The summed E-state index contributed by atoms with van der Waals surface area (Å²) in [6, 6.07) is 20.9. The van der Waals surface area contributed by atoms with Crippen LogP contribution in [-0.4, -0.2) is 38.7 Å². The molecule has 35 heavy (non-hydrogen) atoms. The number of carbonyl (C=O) groups excluding carboxylic acids is 1. The highest BCUT2D eigenvalue weighted by Crippen LogP contribution is 2.23. The van der Waals surface area contributed by atoms with Gasteiger partial charge in [-0.3, -0.25) is 14.2 Å². The van der Waals surface area contributed by atoms with E-state index < -0.39 is 12.1 Å². The fourth-order valence-electron chi connectivity index (χ4n) is 3.35. The number of rotatable bonds is 7. The first kappa shape index (κ1) is 23.7. The quantitative estimate of drug-likeness (QED) is 0.101. The molecule has 3 aromatic carbocycles. The van der Waals surface area contributed by atoms with Crippen molar-refractivity contribution in [1.29, 1.82) is 0 Å². The predicted octanol–water partition coefficient (Wildman–Crippen LogP) is 3.99. The average molecular weight is 489 g/mol. The van der Waals surface area contributed by atoms with Crippen molar-refractivity contribution in [2.24, 2.45) is 5.10 Å². The molecule has 1 heterocycles. The van der Waals surface area contributed by atoms with Crippen LogP contribution in [0.5, 0.6) is 5.75 Å². The van der Waals surface area contributed by atoms with Crippen LogP contribution >= 0.6 is 11.8 Å². The van der Waals surface area contributed by atoms with Gasteiger partial charge in [0.2, 0.25) is 0 Å². The summed E-state index contributed by atoms with van der Waals surface area (Å²) in [6.45, 7) is 1.90. The minimum atomic E-state index is -1.45. The fourth-order valence-corrected chi connectivity index (χ4v) is 4.14. The highest BCUT2D eigenvalue weighted by Gasteiger charge is 2.16. The molecule has 0 spiro atoms. The van der Waals surface area contributed by atoms with Crippen LogP contribution in [0, 0.1) is 6.92 Å². The highest BCUT2D eigenvalue weighted by atomic mass is 32.2. The van der Waals surface area contributed by atoms with E-state index in [4.69, 9.17) is 5.11 Å². The van der Waals surface area contributed by atoms with Gasteiger partial charge < -0.3 is 9.84 Å². The molecule has 4 rings (SSSR count). The van der Waals surface area contributed by atoms with Crippen LogP contribution in [0.3, 0.4) is 0 Å². The van der Waals surface area contributed by atoms with E-state index in [1.807, 2.05) is 31.2 Å². The van der Waals surface area contributed by atoms with Crippen molar-refractivity contribution in [1.82, 2.24) is 15.0 Å². The van der Waals surface area contributed by atoms with E-state index in [1.165, 1.54) is 16.8 Å². The molecule has 0 aliphatic rings. The van der Waals surface area contributed by atoms with E-state index in [1.54, 1.807) is 42.5 Å². The van der Waals surface area contributed by atoms with Crippen LogP contribution in [0.15, 0.2) is 87.8 Å². The summed E-state index contributed by atoms with van der Waals surface area (Å²) in [4.78, 5) is 41.2. The minimum absolute atomic E-state index is 0.0543. The first-order valence-corrected chi connectivity index (χ1v) is 11.4. The molecule has 0 fully saturated rings. The summed E-state index contributed by atoms with van der Waals surface area (Å²) in [5.74, 6) is -0.391. The highest BCUT2D eigenvalue weighted by molar-refractivity contribution is 7.99. The SMILES string of the molecule is Cc1ccccc1-n1c(SCC(=O)N/N=C\c2ccccc2OC(=O)O)nc2ccccc2c1=O. The number of para-hydroxylation sites is 3. The Kier molecular flexibility index (Phi) is 7.22. The second-order valence-corrected chi connectivity index (χ2v) is 8.27. The van der Waals surface area contributed by atoms with E-state index in [0.29, 0.717) is 27.3 Å². The van der Waals surface area contributed by atoms with Gasteiger partial charge in [0.1, 0.15) is 5.75 Å². The largest absolute Gasteiger partial charge is 0.511 e. The van der Waals surface area contributed by atoms with Crippen molar-refractivity contribution < 1.29 is 19.4 Å². The van der Waals surface area contributed by atoms with Crippen molar-refractivity contribution in [2.75, 3.05) is 5.75 Å². The van der Waals surface area contributed by atoms with Gasteiger partial charge in [-0.25, -0.2) is 15.2 Å². The van der Waals surface area contributed by atoms with Crippen molar-refractivity contribution >= 4 is 40.9 Å². The standard InChI is InChI=1S/C25H20N4O5S/c1-16-8-2-6-12-20(16)29-23(31)18-10-4-5-11-19(18)27-24(29)35-15-22(30)28-26-14-17-9-3-7-13-21(17)34-25(32)33/h2-14H,15H2,1H3,(H,28,30)(H,32,33)/b26-14-. The van der Waals surface area contributed by atoms with Crippen molar-refractivity contribution in [2.45, 2.75) is 12.1 Å². The molecule has 0 atom stereocenters. The third kappa shape index (κ3) is 5.56. The molecule has 0 aliphatic heterocycles. The van der Waals surface area contributed by atoms with Gasteiger partial charge >= 0.3 is 6.16 Å². The van der Waals surface area contributed by atoms with Crippen molar-refractivity contribution in [3.63, 3.8) is 0 Å². The number of hydrogen-bond donors (Lipinski definition) is 2. The van der Waals surface area contributed by atoms with Gasteiger partial charge in [-0.05, 0) is 42.8 Å². The Morgan fingerprint density at radius 1 is 1.09 bits per heavy atom. The summed E-state index contributed by atoms with van der Waals surface area (Å²) in [6.07, 6.45) is -0.160. The maximum Gasteiger partial charge on any atom is 0.511 e. The smallest absolute Gasteiger partial charge is 0.449 e. The van der Waals surface area contributed by atoms with E-state index in [2.05, 4.69) is 20.2 Å². The van der Waals surface area contributed by atoms with Gasteiger partial charge in [0, 0.05) is 5.56 Å². The van der Waals surface area contributed by atoms with Gasteiger partial charge in [0.05, 0.1) is 28.6 Å².